The lowest BCUT2D eigenvalue weighted by Gasteiger charge is -2.28. The maximum atomic E-state index is 13.7. The Balaban J connectivity index is 1.58. The molecule has 13 heteroatoms. The van der Waals surface area contributed by atoms with Crippen molar-refractivity contribution in [2.24, 2.45) is 4.99 Å². The molecule has 230 valence electrons. The molecule has 0 unspecified atom stereocenters. The van der Waals surface area contributed by atoms with E-state index in [1.165, 1.54) is 30.3 Å². The molecule has 0 aliphatic carbocycles. The van der Waals surface area contributed by atoms with Crippen LogP contribution in [0.2, 0.25) is 0 Å². The number of benzene rings is 3. The van der Waals surface area contributed by atoms with Crippen molar-refractivity contribution in [1.29, 1.82) is 0 Å². The molecule has 9 nitrogen and oxygen atoms in total. The average molecular weight is 620 g/mol. The van der Waals surface area contributed by atoms with Crippen molar-refractivity contribution in [3.05, 3.63) is 95.6 Å². The van der Waals surface area contributed by atoms with Crippen molar-refractivity contribution < 1.29 is 41.0 Å². The van der Waals surface area contributed by atoms with E-state index in [2.05, 4.69) is 15.8 Å². The van der Waals surface area contributed by atoms with Gasteiger partial charge in [0.15, 0.2) is 15.4 Å². The quantitative estimate of drug-likeness (QED) is 0.195. The Kier molecular flexibility index (Phi) is 10.1. The van der Waals surface area contributed by atoms with E-state index in [0.717, 1.165) is 6.07 Å². The maximum absolute atomic E-state index is 13.7. The van der Waals surface area contributed by atoms with Gasteiger partial charge in [0, 0.05) is 25.1 Å². The minimum atomic E-state index is -4.58. The summed E-state index contributed by atoms with van der Waals surface area (Å²) in [5.41, 5.74) is 2.83. The topological polar surface area (TPSA) is 126 Å². The van der Waals surface area contributed by atoms with Crippen LogP contribution in [0.25, 0.3) is 0 Å². The molecule has 1 amide bonds. The first kappa shape index (κ1) is 32.0. The molecule has 3 aromatic rings. The average Bonchev–Trinajstić information content (AvgIpc) is 3.34. The van der Waals surface area contributed by atoms with Crippen LogP contribution < -0.4 is 15.6 Å². The third-order valence-corrected chi connectivity index (χ3v) is 8.72. The van der Waals surface area contributed by atoms with Gasteiger partial charge in [-0.05, 0) is 61.4 Å². The predicted octanol–water partition coefficient (Wildman–Crippen LogP) is 4.06. The lowest BCUT2D eigenvalue weighted by molar-refractivity contribution is -0.138. The Morgan fingerprint density at radius 3 is 2.40 bits per heavy atom. The highest BCUT2D eigenvalue weighted by Gasteiger charge is 2.51. The number of carbonyl (C=O) groups is 1. The van der Waals surface area contributed by atoms with Crippen molar-refractivity contribution in [2.45, 2.75) is 49.0 Å². The number of hydrogen-bond donors (Lipinski definition) is 3. The number of aliphatic hydroxyl groups excluding tert-OH is 1. The second-order valence-electron chi connectivity index (χ2n) is 9.90. The number of nitrogens with one attached hydrogen (secondary N) is 2. The fourth-order valence-corrected chi connectivity index (χ4v) is 5.95. The standard InChI is InChI=1S/C30H32F3N3O6S/c1-21-29(16-19-43(39,40)25-9-3-2-4-10-25,28(38)36-34-20-23-8-5-6-11-26(23)30(31,32)33)35-27(42-21)22-12-14-24(15-13-22)41-18-7-17-37/h2-6,8-15,21,34,37H,7,16-20H2,1H3,(H,36,38)/t21-,29-/m0/s1. The summed E-state index contributed by atoms with van der Waals surface area (Å²) in [4.78, 5) is 18.3. The summed E-state index contributed by atoms with van der Waals surface area (Å²) in [6.07, 6.45) is -5.29. The molecule has 43 heavy (non-hydrogen) atoms. The van der Waals surface area contributed by atoms with Gasteiger partial charge in [-0.2, -0.15) is 13.2 Å². The van der Waals surface area contributed by atoms with E-state index in [0.29, 0.717) is 24.3 Å². The second kappa shape index (κ2) is 13.6. The number of amides is 1. The Morgan fingerprint density at radius 1 is 1.05 bits per heavy atom. The van der Waals surface area contributed by atoms with Crippen molar-refractivity contribution in [2.75, 3.05) is 19.0 Å². The Bertz CT molecular complexity index is 1530. The Labute approximate surface area is 247 Å². The number of alkyl halides is 3. The van der Waals surface area contributed by atoms with E-state index in [1.807, 2.05) is 0 Å². The molecule has 1 aliphatic rings. The van der Waals surface area contributed by atoms with Gasteiger partial charge in [-0.3, -0.25) is 10.2 Å². The van der Waals surface area contributed by atoms with Crippen LogP contribution in [0.5, 0.6) is 5.75 Å². The predicted molar refractivity (Wildman–Crippen MR) is 153 cm³/mol. The van der Waals surface area contributed by atoms with Crippen LogP contribution in [0.4, 0.5) is 13.2 Å². The molecular weight excluding hydrogens is 587 g/mol. The number of carbonyl (C=O) groups excluding carboxylic acids is 1. The van der Waals surface area contributed by atoms with Gasteiger partial charge in [-0.1, -0.05) is 36.4 Å². The number of nitrogens with zero attached hydrogens (tertiary/aromatic N) is 1. The van der Waals surface area contributed by atoms with Gasteiger partial charge in [0.1, 0.15) is 11.9 Å². The first-order chi connectivity index (χ1) is 20.5. The van der Waals surface area contributed by atoms with Crippen LogP contribution in [0, 0.1) is 0 Å². The van der Waals surface area contributed by atoms with Crippen LogP contribution in [-0.4, -0.2) is 55.9 Å². The summed E-state index contributed by atoms with van der Waals surface area (Å²) < 4.78 is 78.0. The first-order valence-electron chi connectivity index (χ1n) is 13.5. The summed E-state index contributed by atoms with van der Waals surface area (Å²) in [5.74, 6) is -0.551. The number of aliphatic imine (C=N–C) groups is 1. The normalized spacial score (nSPS) is 18.5. The minimum Gasteiger partial charge on any atom is -0.494 e. The number of halogens is 3. The number of hydrogen-bond acceptors (Lipinski definition) is 8. The van der Waals surface area contributed by atoms with E-state index in [4.69, 9.17) is 14.6 Å². The van der Waals surface area contributed by atoms with Gasteiger partial charge in [0.05, 0.1) is 22.8 Å². The molecule has 1 aliphatic heterocycles. The molecule has 2 atom stereocenters. The zero-order chi connectivity index (χ0) is 31.1. The van der Waals surface area contributed by atoms with Gasteiger partial charge in [-0.25, -0.2) is 18.8 Å². The molecule has 0 bridgehead atoms. The number of hydrazine groups is 1. The molecule has 3 aromatic carbocycles. The molecular formula is C30H32F3N3O6S. The minimum absolute atomic E-state index is 0.00550. The van der Waals surface area contributed by atoms with Gasteiger partial charge in [0.25, 0.3) is 5.91 Å². The van der Waals surface area contributed by atoms with Crippen molar-refractivity contribution in [3.63, 3.8) is 0 Å². The Morgan fingerprint density at radius 2 is 1.72 bits per heavy atom. The van der Waals surface area contributed by atoms with Crippen LogP contribution in [0.3, 0.4) is 0 Å². The summed E-state index contributed by atoms with van der Waals surface area (Å²) >= 11 is 0. The largest absolute Gasteiger partial charge is 0.494 e. The SMILES string of the molecule is C[C@@H]1OC(c2ccc(OCCCO)cc2)=N[C@]1(CCS(=O)(=O)c1ccccc1)C(=O)NNCc1ccccc1C(F)(F)F. The lowest BCUT2D eigenvalue weighted by atomic mass is 9.90. The fraction of sp³-hybridized carbons (Fsp3) is 0.333. The third-order valence-electron chi connectivity index (χ3n) is 6.99. The smallest absolute Gasteiger partial charge is 0.416 e. The number of sulfone groups is 1. The van der Waals surface area contributed by atoms with Gasteiger partial charge in [0.2, 0.25) is 5.90 Å². The molecule has 0 fully saturated rings. The summed E-state index contributed by atoms with van der Waals surface area (Å²) in [6.45, 7) is 1.55. The van der Waals surface area contributed by atoms with Gasteiger partial charge in [-0.15, -0.1) is 0 Å². The first-order valence-corrected chi connectivity index (χ1v) is 15.2. The molecule has 1 heterocycles. The van der Waals surface area contributed by atoms with Crippen LogP contribution >= 0.6 is 0 Å². The van der Waals surface area contributed by atoms with Crippen LogP contribution in [0.15, 0.2) is 88.8 Å². The number of rotatable bonds is 13. The van der Waals surface area contributed by atoms with Crippen molar-refractivity contribution in [3.8, 4) is 5.75 Å². The van der Waals surface area contributed by atoms with Crippen molar-refractivity contribution >= 4 is 21.6 Å². The van der Waals surface area contributed by atoms with E-state index in [1.54, 1.807) is 49.4 Å². The zero-order valence-electron chi connectivity index (χ0n) is 23.3. The highest BCUT2D eigenvalue weighted by atomic mass is 32.2. The number of aliphatic hydroxyl groups is 1. The fourth-order valence-electron chi connectivity index (χ4n) is 4.57. The van der Waals surface area contributed by atoms with E-state index >= 15 is 0 Å². The van der Waals surface area contributed by atoms with Crippen molar-refractivity contribution in [1.82, 2.24) is 10.9 Å². The molecule has 3 N–H and O–H groups in total. The maximum Gasteiger partial charge on any atom is 0.416 e. The number of ether oxygens (including phenoxy) is 2. The van der Waals surface area contributed by atoms with Gasteiger partial charge >= 0.3 is 6.18 Å². The third kappa shape index (κ3) is 7.72. The molecule has 0 radical (unpaired) electrons. The molecule has 0 saturated carbocycles. The highest BCUT2D eigenvalue weighted by Crippen LogP contribution is 2.34. The highest BCUT2D eigenvalue weighted by molar-refractivity contribution is 7.91. The monoisotopic (exact) mass is 619 g/mol. The molecule has 0 spiro atoms. The second-order valence-corrected chi connectivity index (χ2v) is 12.0. The van der Waals surface area contributed by atoms with E-state index in [9.17, 15) is 26.4 Å². The van der Waals surface area contributed by atoms with Gasteiger partial charge < -0.3 is 14.6 Å². The zero-order valence-corrected chi connectivity index (χ0v) is 24.1. The molecule has 0 saturated heterocycles. The summed E-state index contributed by atoms with van der Waals surface area (Å²) in [6, 6.07) is 19.4. The Hall–Kier alpha value is -3.94. The lowest BCUT2D eigenvalue weighted by Crippen LogP contribution is -2.55. The summed E-state index contributed by atoms with van der Waals surface area (Å²) in [7, 11) is -3.81. The van der Waals surface area contributed by atoms with Crippen LogP contribution in [0.1, 0.15) is 36.5 Å². The van der Waals surface area contributed by atoms with Crippen LogP contribution in [-0.2, 0) is 32.1 Å². The molecule has 0 aromatic heterocycles. The molecule has 4 rings (SSSR count). The van der Waals surface area contributed by atoms with E-state index < -0.39 is 44.9 Å². The summed E-state index contributed by atoms with van der Waals surface area (Å²) in [5, 5.41) is 8.93. The van der Waals surface area contributed by atoms with E-state index in [-0.39, 0.29) is 35.9 Å².